The summed E-state index contributed by atoms with van der Waals surface area (Å²) in [5.41, 5.74) is 2.19. The maximum atomic E-state index is 12.3. The van der Waals surface area contributed by atoms with E-state index in [0.29, 0.717) is 12.3 Å². The minimum Gasteiger partial charge on any atom is -0.481 e. The summed E-state index contributed by atoms with van der Waals surface area (Å²) in [6.45, 7) is 2.25. The third kappa shape index (κ3) is 4.33. The number of nitrogens with zero attached hydrogens (tertiary/aromatic N) is 1. The van der Waals surface area contributed by atoms with Crippen molar-refractivity contribution < 1.29 is 9.53 Å². The number of carbonyl (C=O) groups is 1. The van der Waals surface area contributed by atoms with Crippen molar-refractivity contribution in [3.8, 4) is 5.75 Å². The zero-order chi connectivity index (χ0) is 18.5. The van der Waals surface area contributed by atoms with Crippen LogP contribution in [-0.2, 0) is 11.3 Å². The molecular formula is C22H24N2O2. The Morgan fingerprint density at radius 2 is 1.69 bits per heavy atom. The van der Waals surface area contributed by atoms with Crippen LogP contribution in [0.1, 0.15) is 12.5 Å². The first-order chi connectivity index (χ1) is 12.5. The van der Waals surface area contributed by atoms with Gasteiger partial charge in [0.2, 0.25) is 0 Å². The molecule has 0 heterocycles. The van der Waals surface area contributed by atoms with Gasteiger partial charge >= 0.3 is 0 Å². The van der Waals surface area contributed by atoms with E-state index >= 15 is 0 Å². The van der Waals surface area contributed by atoms with Crippen molar-refractivity contribution in [3.63, 3.8) is 0 Å². The van der Waals surface area contributed by atoms with Crippen LogP contribution in [0.25, 0.3) is 10.8 Å². The molecule has 1 unspecified atom stereocenters. The Morgan fingerprint density at radius 1 is 1.00 bits per heavy atom. The van der Waals surface area contributed by atoms with Crippen LogP contribution in [0.3, 0.4) is 0 Å². The van der Waals surface area contributed by atoms with Gasteiger partial charge < -0.3 is 15.0 Å². The molecule has 0 aromatic heterocycles. The first kappa shape index (κ1) is 17.8. The average Bonchev–Trinajstić information content (AvgIpc) is 2.66. The Bertz CT molecular complexity index is 888. The van der Waals surface area contributed by atoms with Gasteiger partial charge in [0.25, 0.3) is 5.91 Å². The third-order valence-corrected chi connectivity index (χ3v) is 4.32. The summed E-state index contributed by atoms with van der Waals surface area (Å²) in [7, 11) is 4.01. The molecule has 0 aliphatic carbocycles. The van der Waals surface area contributed by atoms with Gasteiger partial charge in [-0.2, -0.15) is 0 Å². The second-order valence-electron chi connectivity index (χ2n) is 6.55. The molecule has 0 aliphatic heterocycles. The van der Waals surface area contributed by atoms with Crippen molar-refractivity contribution >= 4 is 22.4 Å². The van der Waals surface area contributed by atoms with Crippen LogP contribution in [0, 0.1) is 0 Å². The predicted octanol–water partition coefficient (Wildman–Crippen LogP) is 3.99. The summed E-state index contributed by atoms with van der Waals surface area (Å²) in [4.78, 5) is 14.4. The molecule has 0 aliphatic rings. The van der Waals surface area contributed by atoms with E-state index in [9.17, 15) is 4.79 Å². The Morgan fingerprint density at radius 3 is 2.38 bits per heavy atom. The molecule has 0 radical (unpaired) electrons. The molecule has 4 heteroatoms. The molecule has 0 fully saturated rings. The van der Waals surface area contributed by atoms with Gasteiger partial charge in [-0.1, -0.05) is 42.5 Å². The number of nitrogens with one attached hydrogen (secondary N) is 1. The van der Waals surface area contributed by atoms with Crippen molar-refractivity contribution in [3.05, 3.63) is 72.3 Å². The smallest absolute Gasteiger partial charge is 0.261 e. The Hall–Kier alpha value is -3.01. The van der Waals surface area contributed by atoms with Gasteiger partial charge in [-0.05, 0) is 47.5 Å². The Labute approximate surface area is 154 Å². The normalized spacial score (nSPS) is 11.8. The van der Waals surface area contributed by atoms with Crippen molar-refractivity contribution in [2.75, 3.05) is 19.0 Å². The number of ether oxygens (including phenoxy) is 1. The number of rotatable bonds is 6. The SMILES string of the molecule is CC(Oc1ccc2ccccc2c1)C(=O)NCc1ccc(N(C)C)cc1. The summed E-state index contributed by atoms with van der Waals surface area (Å²) in [6, 6.07) is 22.0. The first-order valence-corrected chi connectivity index (χ1v) is 8.72. The highest BCUT2D eigenvalue weighted by Gasteiger charge is 2.14. The lowest BCUT2D eigenvalue weighted by atomic mass is 10.1. The standard InChI is InChI=1S/C22H24N2O2/c1-16(26-21-13-10-18-6-4-5-7-19(18)14-21)22(25)23-15-17-8-11-20(12-9-17)24(2)3/h4-14,16H,15H2,1-3H3,(H,23,25). The first-order valence-electron chi connectivity index (χ1n) is 8.72. The fourth-order valence-corrected chi connectivity index (χ4v) is 2.74. The molecule has 1 atom stereocenters. The van der Waals surface area contributed by atoms with E-state index in [0.717, 1.165) is 22.0 Å². The van der Waals surface area contributed by atoms with E-state index in [1.807, 2.05) is 79.7 Å². The van der Waals surface area contributed by atoms with Crippen LogP contribution in [0.2, 0.25) is 0 Å². The van der Waals surface area contributed by atoms with Gasteiger partial charge in [0.15, 0.2) is 6.10 Å². The number of hydrogen-bond donors (Lipinski definition) is 1. The van der Waals surface area contributed by atoms with E-state index in [4.69, 9.17) is 4.74 Å². The van der Waals surface area contributed by atoms with Gasteiger partial charge in [-0.15, -0.1) is 0 Å². The van der Waals surface area contributed by atoms with Crippen LogP contribution in [-0.4, -0.2) is 26.1 Å². The van der Waals surface area contributed by atoms with E-state index in [1.54, 1.807) is 6.92 Å². The molecule has 1 amide bonds. The van der Waals surface area contributed by atoms with Gasteiger partial charge in [-0.25, -0.2) is 0 Å². The van der Waals surface area contributed by atoms with Crippen molar-refractivity contribution in [2.45, 2.75) is 19.6 Å². The minimum absolute atomic E-state index is 0.130. The van der Waals surface area contributed by atoms with E-state index in [2.05, 4.69) is 11.4 Å². The number of anilines is 1. The molecule has 4 nitrogen and oxygen atoms in total. The largest absolute Gasteiger partial charge is 0.481 e. The maximum Gasteiger partial charge on any atom is 0.261 e. The minimum atomic E-state index is -0.558. The summed E-state index contributed by atoms with van der Waals surface area (Å²) in [6.07, 6.45) is -0.558. The van der Waals surface area contributed by atoms with Gasteiger partial charge in [0, 0.05) is 26.3 Å². The van der Waals surface area contributed by atoms with Gasteiger partial charge in [0.1, 0.15) is 5.75 Å². The highest BCUT2D eigenvalue weighted by atomic mass is 16.5. The molecular weight excluding hydrogens is 324 g/mol. The number of fused-ring (bicyclic) bond motifs is 1. The van der Waals surface area contributed by atoms with Crippen molar-refractivity contribution in [1.82, 2.24) is 5.32 Å². The Balaban J connectivity index is 1.56. The summed E-state index contributed by atoms with van der Waals surface area (Å²) in [5.74, 6) is 0.566. The van der Waals surface area contributed by atoms with Crippen molar-refractivity contribution in [1.29, 1.82) is 0 Å². The molecule has 3 aromatic rings. The quantitative estimate of drug-likeness (QED) is 0.732. The third-order valence-electron chi connectivity index (χ3n) is 4.32. The fourth-order valence-electron chi connectivity index (χ4n) is 2.74. The molecule has 0 saturated carbocycles. The lowest BCUT2D eigenvalue weighted by Crippen LogP contribution is -2.35. The number of hydrogen-bond acceptors (Lipinski definition) is 3. The van der Waals surface area contributed by atoms with E-state index in [-0.39, 0.29) is 5.91 Å². The number of amides is 1. The van der Waals surface area contributed by atoms with Gasteiger partial charge in [-0.3, -0.25) is 4.79 Å². The Kier molecular flexibility index (Phi) is 5.42. The monoisotopic (exact) mass is 348 g/mol. The fraction of sp³-hybridized carbons (Fsp3) is 0.227. The highest BCUT2D eigenvalue weighted by molar-refractivity contribution is 5.84. The van der Waals surface area contributed by atoms with Crippen LogP contribution >= 0.6 is 0 Å². The summed E-state index contributed by atoms with van der Waals surface area (Å²) < 4.78 is 5.80. The average molecular weight is 348 g/mol. The number of carbonyl (C=O) groups excluding carboxylic acids is 1. The highest BCUT2D eigenvalue weighted by Crippen LogP contribution is 2.21. The second-order valence-corrected chi connectivity index (χ2v) is 6.55. The lowest BCUT2D eigenvalue weighted by molar-refractivity contribution is -0.127. The summed E-state index contributed by atoms with van der Waals surface area (Å²) in [5, 5.41) is 5.17. The van der Waals surface area contributed by atoms with Crippen molar-refractivity contribution in [2.24, 2.45) is 0 Å². The maximum absolute atomic E-state index is 12.3. The molecule has 1 N–H and O–H groups in total. The van der Waals surface area contributed by atoms with Gasteiger partial charge in [0.05, 0.1) is 0 Å². The topological polar surface area (TPSA) is 41.6 Å². The summed E-state index contributed by atoms with van der Waals surface area (Å²) >= 11 is 0. The van der Waals surface area contributed by atoms with Crippen LogP contribution in [0.15, 0.2) is 66.7 Å². The zero-order valence-electron chi connectivity index (χ0n) is 15.4. The van der Waals surface area contributed by atoms with Crippen LogP contribution in [0.5, 0.6) is 5.75 Å². The molecule has 3 rings (SSSR count). The van der Waals surface area contributed by atoms with E-state index in [1.165, 1.54) is 0 Å². The molecule has 0 bridgehead atoms. The molecule has 26 heavy (non-hydrogen) atoms. The molecule has 0 saturated heterocycles. The van der Waals surface area contributed by atoms with Crippen LogP contribution in [0.4, 0.5) is 5.69 Å². The number of benzene rings is 3. The predicted molar refractivity (Wildman–Crippen MR) is 107 cm³/mol. The second kappa shape index (κ2) is 7.91. The van der Waals surface area contributed by atoms with Crippen LogP contribution < -0.4 is 15.0 Å². The molecule has 134 valence electrons. The molecule has 3 aromatic carbocycles. The zero-order valence-corrected chi connectivity index (χ0v) is 15.4. The lowest BCUT2D eigenvalue weighted by Gasteiger charge is -2.16. The molecule has 0 spiro atoms. The van der Waals surface area contributed by atoms with E-state index < -0.39 is 6.10 Å².